The van der Waals surface area contributed by atoms with Crippen LogP contribution in [0.4, 0.5) is 0 Å². The number of esters is 1. The average Bonchev–Trinajstić information content (AvgIpc) is 3.46. The molecule has 1 N–H and O–H groups in total. The van der Waals surface area contributed by atoms with Crippen molar-refractivity contribution in [2.24, 2.45) is 5.92 Å². The third-order valence-electron chi connectivity index (χ3n) is 6.79. The van der Waals surface area contributed by atoms with Gasteiger partial charge in [0.25, 0.3) is 0 Å². The molecule has 1 saturated carbocycles. The summed E-state index contributed by atoms with van der Waals surface area (Å²) in [5.41, 5.74) is 1.88. The SMILES string of the molecule is CCOC(=O)C(C)(C)Oc1cnc2[nH]c(CC(c3ccc(S(C)(=O)=O)cc3)C3CCCC3)cc2c1. The van der Waals surface area contributed by atoms with E-state index in [-0.39, 0.29) is 5.92 Å². The highest BCUT2D eigenvalue weighted by atomic mass is 32.2. The van der Waals surface area contributed by atoms with Gasteiger partial charge < -0.3 is 14.5 Å². The second-order valence-electron chi connectivity index (χ2n) is 9.93. The first-order valence-electron chi connectivity index (χ1n) is 12.2. The Morgan fingerprint density at radius 1 is 1.17 bits per heavy atom. The van der Waals surface area contributed by atoms with Crippen molar-refractivity contribution in [3.8, 4) is 5.75 Å². The number of fused-ring (bicyclic) bond motifs is 1. The van der Waals surface area contributed by atoms with Crippen molar-refractivity contribution in [3.05, 3.63) is 53.9 Å². The molecule has 1 aromatic carbocycles. The molecule has 2 heterocycles. The molecular weight excluding hydrogens is 464 g/mol. The normalized spacial score (nSPS) is 15.9. The number of carbonyl (C=O) groups is 1. The Morgan fingerprint density at radius 2 is 1.86 bits per heavy atom. The lowest BCUT2D eigenvalue weighted by molar-refractivity contribution is -0.158. The number of ether oxygens (including phenoxy) is 2. The van der Waals surface area contributed by atoms with Gasteiger partial charge in [-0.2, -0.15) is 0 Å². The lowest BCUT2D eigenvalue weighted by atomic mass is 9.82. The van der Waals surface area contributed by atoms with Crippen molar-refractivity contribution in [2.75, 3.05) is 12.9 Å². The Balaban J connectivity index is 1.57. The molecule has 2 aromatic heterocycles. The second-order valence-corrected chi connectivity index (χ2v) is 11.9. The minimum Gasteiger partial charge on any atom is -0.475 e. The zero-order valence-corrected chi connectivity index (χ0v) is 21.7. The summed E-state index contributed by atoms with van der Waals surface area (Å²) >= 11 is 0. The van der Waals surface area contributed by atoms with Gasteiger partial charge in [0.15, 0.2) is 15.4 Å². The number of H-pyrrole nitrogens is 1. The van der Waals surface area contributed by atoms with Crippen LogP contribution in [0, 0.1) is 5.92 Å². The number of sulfone groups is 1. The summed E-state index contributed by atoms with van der Waals surface area (Å²) < 4.78 is 34.8. The van der Waals surface area contributed by atoms with Crippen LogP contribution in [0.15, 0.2) is 47.5 Å². The molecule has 3 aromatic rings. The Hall–Kier alpha value is -2.87. The van der Waals surface area contributed by atoms with Crippen LogP contribution in [0.2, 0.25) is 0 Å². The van der Waals surface area contributed by atoms with E-state index >= 15 is 0 Å². The van der Waals surface area contributed by atoms with Crippen molar-refractivity contribution in [1.82, 2.24) is 9.97 Å². The van der Waals surface area contributed by atoms with Gasteiger partial charge in [0, 0.05) is 17.3 Å². The van der Waals surface area contributed by atoms with Crippen LogP contribution >= 0.6 is 0 Å². The first kappa shape index (κ1) is 25.2. The molecule has 1 atom stereocenters. The summed E-state index contributed by atoms with van der Waals surface area (Å²) in [5, 5.41) is 0.912. The van der Waals surface area contributed by atoms with E-state index in [0.717, 1.165) is 28.7 Å². The summed E-state index contributed by atoms with van der Waals surface area (Å²) in [6, 6.07) is 11.3. The molecule has 0 saturated heterocycles. The Bertz CT molecular complexity index is 1290. The summed E-state index contributed by atoms with van der Waals surface area (Å²) in [6.45, 7) is 5.42. The quantitative estimate of drug-likeness (QED) is 0.407. The molecule has 4 rings (SSSR count). The smallest absolute Gasteiger partial charge is 0.349 e. The highest BCUT2D eigenvalue weighted by Crippen LogP contribution is 2.40. The van der Waals surface area contributed by atoms with Crippen molar-refractivity contribution in [3.63, 3.8) is 0 Å². The van der Waals surface area contributed by atoms with Gasteiger partial charge in [0.2, 0.25) is 0 Å². The fourth-order valence-electron chi connectivity index (χ4n) is 4.97. The molecule has 1 aliphatic rings. The Kier molecular flexibility index (Phi) is 7.22. The lowest BCUT2D eigenvalue weighted by Crippen LogP contribution is -2.39. The van der Waals surface area contributed by atoms with Crippen LogP contribution in [0.25, 0.3) is 11.0 Å². The van der Waals surface area contributed by atoms with Crippen molar-refractivity contribution < 1.29 is 22.7 Å². The van der Waals surface area contributed by atoms with E-state index in [2.05, 4.69) is 16.0 Å². The second kappa shape index (κ2) is 10.0. The summed E-state index contributed by atoms with van der Waals surface area (Å²) in [6.07, 6.45) is 8.48. The standard InChI is InChI=1S/C27H34N2O5S/c1-5-33-26(30)27(2,3)34-22-15-20-14-21(29-25(20)28-17-22)16-24(18-8-6-7-9-18)19-10-12-23(13-11-19)35(4,31)32/h10-15,17-18,24H,5-9,16H2,1-4H3,(H,28,29). The molecule has 1 fully saturated rings. The first-order chi connectivity index (χ1) is 16.6. The fraction of sp³-hybridized carbons (Fsp3) is 0.481. The van der Waals surface area contributed by atoms with Gasteiger partial charge in [0.1, 0.15) is 11.4 Å². The number of hydrogen-bond acceptors (Lipinski definition) is 6. The van der Waals surface area contributed by atoms with E-state index < -0.39 is 21.4 Å². The zero-order valence-electron chi connectivity index (χ0n) is 20.8. The number of carbonyl (C=O) groups excluding carboxylic acids is 1. The van der Waals surface area contributed by atoms with E-state index in [0.29, 0.717) is 23.2 Å². The van der Waals surface area contributed by atoms with E-state index in [9.17, 15) is 13.2 Å². The van der Waals surface area contributed by atoms with E-state index in [1.54, 1.807) is 39.1 Å². The van der Waals surface area contributed by atoms with Gasteiger partial charge in [-0.15, -0.1) is 0 Å². The van der Waals surface area contributed by atoms with Gasteiger partial charge in [0.05, 0.1) is 17.7 Å². The maximum absolute atomic E-state index is 12.2. The molecule has 0 radical (unpaired) electrons. The fourth-order valence-corrected chi connectivity index (χ4v) is 5.60. The highest BCUT2D eigenvalue weighted by molar-refractivity contribution is 7.90. The van der Waals surface area contributed by atoms with Gasteiger partial charge in [-0.25, -0.2) is 18.2 Å². The van der Waals surface area contributed by atoms with E-state index in [1.165, 1.54) is 31.9 Å². The molecule has 0 spiro atoms. The zero-order chi connectivity index (χ0) is 25.2. The number of rotatable bonds is 9. The minimum absolute atomic E-state index is 0.289. The predicted molar refractivity (Wildman–Crippen MR) is 135 cm³/mol. The number of aromatic amines is 1. The highest BCUT2D eigenvalue weighted by Gasteiger charge is 2.32. The van der Waals surface area contributed by atoms with Crippen LogP contribution in [0.1, 0.15) is 63.6 Å². The molecular formula is C27H34N2O5S. The minimum atomic E-state index is -3.22. The molecule has 0 aliphatic heterocycles. The van der Waals surface area contributed by atoms with Crippen LogP contribution in [0.5, 0.6) is 5.75 Å². The van der Waals surface area contributed by atoms with Crippen LogP contribution < -0.4 is 4.74 Å². The largest absolute Gasteiger partial charge is 0.475 e. The summed E-state index contributed by atoms with van der Waals surface area (Å²) in [7, 11) is -3.22. The van der Waals surface area contributed by atoms with Crippen LogP contribution in [-0.2, 0) is 25.8 Å². The molecule has 1 unspecified atom stereocenters. The van der Waals surface area contributed by atoms with Gasteiger partial charge in [-0.05, 0) is 81.7 Å². The van der Waals surface area contributed by atoms with Gasteiger partial charge in [-0.3, -0.25) is 0 Å². The summed E-state index contributed by atoms with van der Waals surface area (Å²) in [4.78, 5) is 20.5. The van der Waals surface area contributed by atoms with Crippen molar-refractivity contribution >= 4 is 26.8 Å². The molecule has 0 bridgehead atoms. The van der Waals surface area contributed by atoms with Crippen LogP contribution in [-0.4, -0.2) is 42.8 Å². The number of nitrogens with one attached hydrogen (secondary N) is 1. The maximum atomic E-state index is 12.2. The maximum Gasteiger partial charge on any atom is 0.349 e. The molecule has 0 amide bonds. The third kappa shape index (κ3) is 5.86. The third-order valence-corrected chi connectivity index (χ3v) is 7.91. The average molecular weight is 499 g/mol. The number of nitrogens with zero attached hydrogens (tertiary/aromatic N) is 1. The molecule has 1 aliphatic carbocycles. The van der Waals surface area contributed by atoms with Gasteiger partial charge >= 0.3 is 5.97 Å². The topological polar surface area (TPSA) is 98.3 Å². The van der Waals surface area contributed by atoms with Crippen molar-refractivity contribution in [2.45, 2.75) is 69.3 Å². The van der Waals surface area contributed by atoms with E-state index in [4.69, 9.17) is 9.47 Å². The number of benzene rings is 1. The molecule has 35 heavy (non-hydrogen) atoms. The van der Waals surface area contributed by atoms with Gasteiger partial charge in [-0.1, -0.05) is 25.0 Å². The van der Waals surface area contributed by atoms with Crippen molar-refractivity contribution in [1.29, 1.82) is 0 Å². The lowest BCUT2D eigenvalue weighted by Gasteiger charge is -2.24. The number of pyridine rings is 1. The van der Waals surface area contributed by atoms with E-state index in [1.807, 2.05) is 18.2 Å². The molecule has 188 valence electrons. The number of aromatic nitrogens is 2. The summed E-state index contributed by atoms with van der Waals surface area (Å²) in [5.74, 6) is 0.932. The monoisotopic (exact) mass is 498 g/mol. The first-order valence-corrected chi connectivity index (χ1v) is 14.1. The Morgan fingerprint density at radius 3 is 2.49 bits per heavy atom. The number of hydrogen-bond donors (Lipinski definition) is 1. The van der Waals surface area contributed by atoms with Crippen LogP contribution in [0.3, 0.4) is 0 Å². The predicted octanol–water partition coefficient (Wildman–Crippen LogP) is 5.20. The molecule has 8 heteroatoms. The molecule has 7 nitrogen and oxygen atoms in total. The Labute approximate surface area is 207 Å².